The Morgan fingerprint density at radius 2 is 2.00 bits per heavy atom. The standard InChI is InChI=1S/C14H19NO/c15-14(10-3-1-4-10)11-5-2-6-13(9-11)16-12-7-8-12/h2,5-6,9-10,12,14H,1,3-4,7-8,15H2. The van der Waals surface area contributed by atoms with E-state index < -0.39 is 0 Å². The van der Waals surface area contributed by atoms with Crippen LogP contribution in [0.25, 0.3) is 0 Å². The van der Waals surface area contributed by atoms with Crippen molar-refractivity contribution >= 4 is 0 Å². The molecule has 0 amide bonds. The molecule has 0 saturated heterocycles. The summed E-state index contributed by atoms with van der Waals surface area (Å²) in [5, 5.41) is 0. The first-order chi connectivity index (χ1) is 7.83. The molecule has 2 saturated carbocycles. The molecule has 2 fully saturated rings. The normalized spacial score (nSPS) is 22.6. The lowest BCUT2D eigenvalue weighted by Gasteiger charge is -2.31. The van der Waals surface area contributed by atoms with Gasteiger partial charge in [-0.2, -0.15) is 0 Å². The van der Waals surface area contributed by atoms with Crippen molar-refractivity contribution in [1.29, 1.82) is 0 Å². The second-order valence-corrected chi connectivity index (χ2v) is 5.11. The molecular weight excluding hydrogens is 198 g/mol. The van der Waals surface area contributed by atoms with E-state index >= 15 is 0 Å². The van der Waals surface area contributed by atoms with Crippen LogP contribution in [0.2, 0.25) is 0 Å². The van der Waals surface area contributed by atoms with Crippen LogP contribution in [-0.4, -0.2) is 6.10 Å². The van der Waals surface area contributed by atoms with Gasteiger partial charge >= 0.3 is 0 Å². The van der Waals surface area contributed by atoms with E-state index in [4.69, 9.17) is 10.5 Å². The smallest absolute Gasteiger partial charge is 0.120 e. The van der Waals surface area contributed by atoms with Crippen molar-refractivity contribution in [2.45, 2.75) is 44.2 Å². The highest BCUT2D eigenvalue weighted by atomic mass is 16.5. The van der Waals surface area contributed by atoms with Crippen LogP contribution in [0.3, 0.4) is 0 Å². The van der Waals surface area contributed by atoms with Gasteiger partial charge in [0.1, 0.15) is 5.75 Å². The molecule has 2 nitrogen and oxygen atoms in total. The summed E-state index contributed by atoms with van der Waals surface area (Å²) in [6.45, 7) is 0. The second kappa shape index (κ2) is 4.10. The van der Waals surface area contributed by atoms with Crippen LogP contribution in [-0.2, 0) is 0 Å². The summed E-state index contributed by atoms with van der Waals surface area (Å²) >= 11 is 0. The fourth-order valence-corrected chi connectivity index (χ4v) is 2.24. The lowest BCUT2D eigenvalue weighted by Crippen LogP contribution is -2.26. The molecule has 2 heteroatoms. The van der Waals surface area contributed by atoms with Gasteiger partial charge < -0.3 is 10.5 Å². The summed E-state index contributed by atoms with van der Waals surface area (Å²) in [5.74, 6) is 1.69. The van der Waals surface area contributed by atoms with Gasteiger partial charge in [-0.15, -0.1) is 0 Å². The van der Waals surface area contributed by atoms with Gasteiger partial charge in [0.05, 0.1) is 6.10 Å². The van der Waals surface area contributed by atoms with Gasteiger partial charge in [-0.1, -0.05) is 18.6 Å². The van der Waals surface area contributed by atoms with E-state index in [0.717, 1.165) is 5.75 Å². The van der Waals surface area contributed by atoms with E-state index in [9.17, 15) is 0 Å². The molecule has 2 N–H and O–H groups in total. The maximum Gasteiger partial charge on any atom is 0.120 e. The molecule has 0 radical (unpaired) electrons. The first-order valence-corrected chi connectivity index (χ1v) is 6.35. The van der Waals surface area contributed by atoms with E-state index in [1.54, 1.807) is 0 Å². The zero-order valence-corrected chi connectivity index (χ0v) is 9.56. The van der Waals surface area contributed by atoms with Gasteiger partial charge in [0.15, 0.2) is 0 Å². The van der Waals surface area contributed by atoms with Crippen molar-refractivity contribution in [3.8, 4) is 5.75 Å². The first-order valence-electron chi connectivity index (χ1n) is 6.35. The minimum Gasteiger partial charge on any atom is -0.490 e. The lowest BCUT2D eigenvalue weighted by atomic mass is 9.77. The third kappa shape index (κ3) is 2.07. The topological polar surface area (TPSA) is 35.2 Å². The Bertz CT molecular complexity index is 369. The van der Waals surface area contributed by atoms with Crippen LogP contribution < -0.4 is 10.5 Å². The predicted molar refractivity (Wildman–Crippen MR) is 64.4 cm³/mol. The van der Waals surface area contributed by atoms with E-state index in [-0.39, 0.29) is 6.04 Å². The van der Waals surface area contributed by atoms with Gasteiger partial charge in [0.25, 0.3) is 0 Å². The van der Waals surface area contributed by atoms with Gasteiger partial charge in [0, 0.05) is 6.04 Å². The number of ether oxygens (including phenoxy) is 1. The SMILES string of the molecule is NC(c1cccc(OC2CC2)c1)C1CCC1. The van der Waals surface area contributed by atoms with Crippen molar-refractivity contribution in [3.63, 3.8) is 0 Å². The molecule has 0 aromatic heterocycles. The molecule has 1 atom stereocenters. The van der Waals surface area contributed by atoms with Crippen molar-refractivity contribution in [2.75, 3.05) is 0 Å². The second-order valence-electron chi connectivity index (χ2n) is 5.11. The van der Waals surface area contributed by atoms with Gasteiger partial charge in [-0.3, -0.25) is 0 Å². The maximum atomic E-state index is 6.26. The molecule has 1 unspecified atom stereocenters. The number of nitrogens with two attached hydrogens (primary N) is 1. The molecule has 1 aromatic rings. The Balaban J connectivity index is 1.72. The van der Waals surface area contributed by atoms with Crippen molar-refractivity contribution in [1.82, 2.24) is 0 Å². The summed E-state index contributed by atoms with van der Waals surface area (Å²) in [6, 6.07) is 8.56. The number of hydrogen-bond acceptors (Lipinski definition) is 2. The minimum atomic E-state index is 0.205. The molecule has 2 aliphatic rings. The van der Waals surface area contributed by atoms with E-state index in [1.807, 2.05) is 6.07 Å². The Kier molecular flexibility index (Phi) is 2.60. The highest BCUT2D eigenvalue weighted by Crippen LogP contribution is 2.37. The largest absolute Gasteiger partial charge is 0.490 e. The van der Waals surface area contributed by atoms with Crippen LogP contribution in [0, 0.1) is 5.92 Å². The highest BCUT2D eigenvalue weighted by Gasteiger charge is 2.26. The molecule has 0 bridgehead atoms. The van der Waals surface area contributed by atoms with Crippen molar-refractivity contribution < 1.29 is 4.74 Å². The molecule has 2 aliphatic carbocycles. The molecule has 3 rings (SSSR count). The monoisotopic (exact) mass is 217 g/mol. The predicted octanol–water partition coefficient (Wildman–Crippen LogP) is 3.03. The Morgan fingerprint density at radius 1 is 1.19 bits per heavy atom. The number of benzene rings is 1. The quantitative estimate of drug-likeness (QED) is 0.841. The maximum absolute atomic E-state index is 6.26. The third-order valence-corrected chi connectivity index (χ3v) is 3.73. The number of rotatable bonds is 4. The fourth-order valence-electron chi connectivity index (χ4n) is 2.24. The summed E-state index contributed by atoms with van der Waals surface area (Å²) in [6.07, 6.45) is 6.80. The van der Waals surface area contributed by atoms with E-state index in [2.05, 4.69) is 18.2 Å². The summed E-state index contributed by atoms with van der Waals surface area (Å²) < 4.78 is 5.79. The Hall–Kier alpha value is -1.02. The van der Waals surface area contributed by atoms with E-state index in [0.29, 0.717) is 12.0 Å². The molecule has 1 aromatic carbocycles. The average molecular weight is 217 g/mol. The zero-order chi connectivity index (χ0) is 11.0. The van der Waals surface area contributed by atoms with Crippen LogP contribution in [0.4, 0.5) is 0 Å². The molecule has 86 valence electrons. The Morgan fingerprint density at radius 3 is 2.62 bits per heavy atom. The lowest BCUT2D eigenvalue weighted by molar-refractivity contribution is 0.262. The highest BCUT2D eigenvalue weighted by molar-refractivity contribution is 5.31. The molecule has 16 heavy (non-hydrogen) atoms. The number of hydrogen-bond donors (Lipinski definition) is 1. The van der Waals surface area contributed by atoms with Crippen LogP contribution in [0.15, 0.2) is 24.3 Å². The average Bonchev–Trinajstić information content (AvgIpc) is 2.99. The van der Waals surface area contributed by atoms with Crippen LogP contribution in [0.1, 0.15) is 43.7 Å². The van der Waals surface area contributed by atoms with Gasteiger partial charge in [-0.25, -0.2) is 0 Å². The van der Waals surface area contributed by atoms with Crippen molar-refractivity contribution in [3.05, 3.63) is 29.8 Å². The third-order valence-electron chi connectivity index (χ3n) is 3.73. The summed E-state index contributed by atoms with van der Waals surface area (Å²) in [5.41, 5.74) is 7.50. The van der Waals surface area contributed by atoms with Crippen molar-refractivity contribution in [2.24, 2.45) is 11.7 Å². The first kappa shape index (κ1) is 10.2. The molecule has 0 heterocycles. The zero-order valence-electron chi connectivity index (χ0n) is 9.56. The fraction of sp³-hybridized carbons (Fsp3) is 0.571. The summed E-state index contributed by atoms with van der Waals surface area (Å²) in [7, 11) is 0. The van der Waals surface area contributed by atoms with Gasteiger partial charge in [0.2, 0.25) is 0 Å². The molecule has 0 spiro atoms. The van der Waals surface area contributed by atoms with E-state index in [1.165, 1.54) is 37.7 Å². The minimum absolute atomic E-state index is 0.205. The Labute approximate surface area is 96.8 Å². The molecule has 0 aliphatic heterocycles. The summed E-state index contributed by atoms with van der Waals surface area (Å²) in [4.78, 5) is 0. The van der Waals surface area contributed by atoms with Gasteiger partial charge in [-0.05, 0) is 49.3 Å². The molecular formula is C14H19NO. The van der Waals surface area contributed by atoms with Crippen LogP contribution >= 0.6 is 0 Å². The van der Waals surface area contributed by atoms with Crippen LogP contribution in [0.5, 0.6) is 5.75 Å².